The first-order valence-electron chi connectivity index (χ1n) is 9.22. The average molecular weight is 407 g/mol. The number of hydrazone groups is 1. The third-order valence-electron chi connectivity index (χ3n) is 4.53. The number of para-hydroxylation sites is 1. The van der Waals surface area contributed by atoms with Gasteiger partial charge < -0.3 is 9.15 Å². The van der Waals surface area contributed by atoms with Crippen LogP contribution in [0.3, 0.4) is 0 Å². The van der Waals surface area contributed by atoms with E-state index in [0.29, 0.717) is 28.4 Å². The highest BCUT2D eigenvalue weighted by Crippen LogP contribution is 2.30. The molecule has 0 atom stereocenters. The number of rotatable bonds is 7. The Morgan fingerprint density at radius 1 is 1.13 bits per heavy atom. The van der Waals surface area contributed by atoms with Gasteiger partial charge in [-0.15, -0.1) is 0 Å². The fourth-order valence-corrected chi connectivity index (χ4v) is 3.02. The summed E-state index contributed by atoms with van der Waals surface area (Å²) in [6.45, 7) is 5.32. The SMILES string of the molecule is Cc1cccc(C)c1OCC(=O)N/N=C\c1ccc(-c2cccc([N+](=O)[O-])c2C)o1. The lowest BCUT2D eigenvalue weighted by molar-refractivity contribution is -0.385. The number of nitro benzene ring substituents is 1. The second-order valence-electron chi connectivity index (χ2n) is 6.71. The van der Waals surface area contributed by atoms with E-state index in [2.05, 4.69) is 10.5 Å². The Labute approximate surface area is 173 Å². The molecule has 0 aliphatic rings. The Hall–Kier alpha value is -3.94. The topological polar surface area (TPSA) is 107 Å². The van der Waals surface area contributed by atoms with Crippen molar-refractivity contribution in [2.24, 2.45) is 5.10 Å². The van der Waals surface area contributed by atoms with Crippen LogP contribution in [-0.4, -0.2) is 23.7 Å². The summed E-state index contributed by atoms with van der Waals surface area (Å²) in [6.07, 6.45) is 1.35. The highest BCUT2D eigenvalue weighted by Gasteiger charge is 2.16. The molecule has 0 unspecified atom stereocenters. The zero-order valence-electron chi connectivity index (χ0n) is 16.8. The minimum absolute atomic E-state index is 0.0234. The van der Waals surface area contributed by atoms with Crippen LogP contribution in [0.5, 0.6) is 5.75 Å². The fraction of sp³-hybridized carbons (Fsp3) is 0.182. The van der Waals surface area contributed by atoms with Crippen LogP contribution in [0.15, 0.2) is 58.0 Å². The van der Waals surface area contributed by atoms with Crippen molar-refractivity contribution in [3.05, 3.63) is 81.1 Å². The lowest BCUT2D eigenvalue weighted by atomic mass is 10.1. The number of nitrogens with zero attached hydrogens (tertiary/aromatic N) is 2. The van der Waals surface area contributed by atoms with E-state index < -0.39 is 10.8 Å². The summed E-state index contributed by atoms with van der Waals surface area (Å²) in [6, 6.07) is 13.9. The number of nitro groups is 1. The van der Waals surface area contributed by atoms with Gasteiger partial charge in [0.05, 0.1) is 11.1 Å². The average Bonchev–Trinajstić information content (AvgIpc) is 3.16. The quantitative estimate of drug-likeness (QED) is 0.357. The monoisotopic (exact) mass is 407 g/mol. The van der Waals surface area contributed by atoms with E-state index in [1.54, 1.807) is 31.2 Å². The largest absolute Gasteiger partial charge is 0.483 e. The normalized spacial score (nSPS) is 10.9. The number of carbonyl (C=O) groups excluding carboxylic acids is 1. The Balaban J connectivity index is 1.60. The van der Waals surface area contributed by atoms with Crippen LogP contribution in [0.25, 0.3) is 11.3 Å². The van der Waals surface area contributed by atoms with Gasteiger partial charge in [0, 0.05) is 17.2 Å². The van der Waals surface area contributed by atoms with Gasteiger partial charge in [0.15, 0.2) is 6.61 Å². The van der Waals surface area contributed by atoms with Crippen LogP contribution < -0.4 is 10.2 Å². The first-order chi connectivity index (χ1) is 14.4. The van der Waals surface area contributed by atoms with Crippen molar-refractivity contribution in [2.75, 3.05) is 6.61 Å². The molecule has 0 radical (unpaired) electrons. The molecule has 8 nitrogen and oxygen atoms in total. The third kappa shape index (κ3) is 4.72. The Bertz CT molecular complexity index is 1100. The number of ether oxygens (including phenoxy) is 1. The molecule has 30 heavy (non-hydrogen) atoms. The molecule has 0 saturated heterocycles. The van der Waals surface area contributed by atoms with Gasteiger partial charge >= 0.3 is 0 Å². The molecule has 3 rings (SSSR count). The fourth-order valence-electron chi connectivity index (χ4n) is 3.02. The number of amides is 1. The Morgan fingerprint density at radius 2 is 1.83 bits per heavy atom. The van der Waals surface area contributed by atoms with Crippen LogP contribution in [0.2, 0.25) is 0 Å². The summed E-state index contributed by atoms with van der Waals surface area (Å²) < 4.78 is 11.2. The summed E-state index contributed by atoms with van der Waals surface area (Å²) in [5.41, 5.74) is 5.44. The van der Waals surface area contributed by atoms with E-state index >= 15 is 0 Å². The van der Waals surface area contributed by atoms with Gasteiger partial charge in [-0.25, -0.2) is 5.43 Å². The van der Waals surface area contributed by atoms with Crippen LogP contribution in [0.4, 0.5) is 5.69 Å². The summed E-state index contributed by atoms with van der Waals surface area (Å²) in [5, 5.41) is 15.0. The summed E-state index contributed by atoms with van der Waals surface area (Å²) in [4.78, 5) is 22.6. The zero-order valence-corrected chi connectivity index (χ0v) is 16.8. The molecule has 0 aliphatic heterocycles. The first-order valence-corrected chi connectivity index (χ1v) is 9.22. The van der Waals surface area contributed by atoms with Gasteiger partial charge in [-0.1, -0.05) is 30.3 Å². The van der Waals surface area contributed by atoms with Crippen LogP contribution >= 0.6 is 0 Å². The smallest absolute Gasteiger partial charge is 0.277 e. The van der Waals surface area contributed by atoms with E-state index in [1.165, 1.54) is 12.3 Å². The molecule has 0 fully saturated rings. The van der Waals surface area contributed by atoms with E-state index in [0.717, 1.165) is 11.1 Å². The van der Waals surface area contributed by atoms with Crippen molar-refractivity contribution in [2.45, 2.75) is 20.8 Å². The van der Waals surface area contributed by atoms with Gasteiger partial charge in [-0.3, -0.25) is 14.9 Å². The van der Waals surface area contributed by atoms with Gasteiger partial charge in [0.1, 0.15) is 17.3 Å². The molecule has 0 saturated carbocycles. The maximum atomic E-state index is 12.0. The lowest BCUT2D eigenvalue weighted by Gasteiger charge is -2.10. The van der Waals surface area contributed by atoms with Crippen molar-refractivity contribution in [3.63, 3.8) is 0 Å². The molecule has 1 amide bonds. The highest BCUT2D eigenvalue weighted by atomic mass is 16.6. The third-order valence-corrected chi connectivity index (χ3v) is 4.53. The number of benzene rings is 2. The van der Waals surface area contributed by atoms with Gasteiger partial charge in [-0.2, -0.15) is 5.10 Å². The number of furan rings is 1. The van der Waals surface area contributed by atoms with E-state index in [9.17, 15) is 14.9 Å². The number of hydrogen-bond acceptors (Lipinski definition) is 6. The van der Waals surface area contributed by atoms with E-state index in [1.807, 2.05) is 32.0 Å². The number of aryl methyl sites for hydroxylation is 2. The summed E-state index contributed by atoms with van der Waals surface area (Å²) in [7, 11) is 0. The molecule has 0 aliphatic carbocycles. The lowest BCUT2D eigenvalue weighted by Crippen LogP contribution is -2.24. The first kappa shape index (κ1) is 20.8. The standard InChI is InChI=1S/C22H21N3O5/c1-14-6-4-7-15(2)22(14)29-13-21(26)24-23-12-17-10-11-20(30-17)18-8-5-9-19(16(18)3)25(27)28/h4-12H,13H2,1-3H3,(H,24,26)/b23-12-. The minimum atomic E-state index is -0.430. The molecular weight excluding hydrogens is 386 g/mol. The highest BCUT2D eigenvalue weighted by molar-refractivity contribution is 5.82. The number of carbonyl (C=O) groups is 1. The predicted molar refractivity (Wildman–Crippen MR) is 113 cm³/mol. The predicted octanol–water partition coefficient (Wildman–Crippen LogP) is 4.31. The maximum absolute atomic E-state index is 12.0. The Kier molecular flexibility index (Phi) is 6.26. The molecule has 1 heterocycles. The molecule has 8 heteroatoms. The second-order valence-corrected chi connectivity index (χ2v) is 6.71. The zero-order chi connectivity index (χ0) is 21.7. The van der Waals surface area contributed by atoms with Crippen LogP contribution in [0.1, 0.15) is 22.5 Å². The number of nitrogens with one attached hydrogen (secondary N) is 1. The maximum Gasteiger partial charge on any atom is 0.277 e. The van der Waals surface area contributed by atoms with Crippen LogP contribution in [0, 0.1) is 30.9 Å². The van der Waals surface area contributed by atoms with Crippen molar-refractivity contribution in [3.8, 4) is 17.1 Å². The molecule has 1 aromatic heterocycles. The van der Waals surface area contributed by atoms with Crippen molar-refractivity contribution >= 4 is 17.8 Å². The van der Waals surface area contributed by atoms with Gasteiger partial charge in [-0.05, 0) is 44.0 Å². The van der Waals surface area contributed by atoms with Crippen molar-refractivity contribution in [1.29, 1.82) is 0 Å². The molecule has 3 aromatic rings. The molecular formula is C22H21N3O5. The summed E-state index contributed by atoms with van der Waals surface area (Å²) >= 11 is 0. The Morgan fingerprint density at radius 3 is 2.53 bits per heavy atom. The molecule has 0 spiro atoms. The van der Waals surface area contributed by atoms with Crippen molar-refractivity contribution < 1.29 is 18.9 Å². The molecule has 2 aromatic carbocycles. The van der Waals surface area contributed by atoms with Gasteiger partial charge in [0.2, 0.25) is 0 Å². The van der Waals surface area contributed by atoms with E-state index in [4.69, 9.17) is 9.15 Å². The van der Waals surface area contributed by atoms with Gasteiger partial charge in [0.25, 0.3) is 11.6 Å². The van der Waals surface area contributed by atoms with Crippen LogP contribution in [-0.2, 0) is 4.79 Å². The van der Waals surface area contributed by atoms with E-state index in [-0.39, 0.29) is 12.3 Å². The molecule has 154 valence electrons. The number of hydrogen-bond donors (Lipinski definition) is 1. The molecule has 1 N–H and O–H groups in total. The summed E-state index contributed by atoms with van der Waals surface area (Å²) in [5.74, 6) is 1.14. The van der Waals surface area contributed by atoms with Crippen molar-refractivity contribution in [1.82, 2.24) is 5.43 Å². The second kappa shape index (κ2) is 9.04. The minimum Gasteiger partial charge on any atom is -0.483 e. The molecule has 0 bridgehead atoms.